The number of hydrogen-bond acceptors (Lipinski definition) is 4. The zero-order valence-electron chi connectivity index (χ0n) is 18.0. The number of carbonyl (C=O) groups excluding carboxylic acids is 2. The molecule has 0 aliphatic heterocycles. The van der Waals surface area contributed by atoms with Gasteiger partial charge in [0.2, 0.25) is 11.8 Å². The SMILES string of the molecule is CCCC(CC)NC(=O)C(C(=O)NC1CCCCC1)c1ccc(OC)cc1CO. The lowest BCUT2D eigenvalue weighted by atomic mass is 9.90. The second-order valence-electron chi connectivity index (χ2n) is 7.90. The van der Waals surface area contributed by atoms with E-state index in [4.69, 9.17) is 4.74 Å². The van der Waals surface area contributed by atoms with Crippen molar-refractivity contribution in [2.24, 2.45) is 0 Å². The lowest BCUT2D eigenvalue weighted by Gasteiger charge is -2.27. The summed E-state index contributed by atoms with van der Waals surface area (Å²) in [7, 11) is 1.55. The first-order chi connectivity index (χ1) is 14.0. The molecule has 2 amide bonds. The molecule has 0 aromatic heterocycles. The molecule has 1 aliphatic rings. The molecular weight excluding hydrogens is 368 g/mol. The molecule has 29 heavy (non-hydrogen) atoms. The fourth-order valence-corrected chi connectivity index (χ4v) is 4.07. The first-order valence-electron chi connectivity index (χ1n) is 10.9. The number of benzene rings is 1. The molecule has 0 spiro atoms. The molecule has 0 heterocycles. The first-order valence-corrected chi connectivity index (χ1v) is 10.9. The zero-order valence-corrected chi connectivity index (χ0v) is 18.0. The molecule has 0 bridgehead atoms. The van der Waals surface area contributed by atoms with Gasteiger partial charge < -0.3 is 20.5 Å². The Hall–Kier alpha value is -2.08. The molecule has 0 saturated heterocycles. The predicted octanol–water partition coefficient (Wildman–Crippen LogP) is 3.41. The number of nitrogens with one attached hydrogen (secondary N) is 2. The molecule has 6 nitrogen and oxygen atoms in total. The quantitative estimate of drug-likeness (QED) is 0.522. The van der Waals surface area contributed by atoms with Crippen LogP contribution in [0.1, 0.15) is 82.3 Å². The summed E-state index contributed by atoms with van der Waals surface area (Å²) in [5, 5.41) is 16.0. The summed E-state index contributed by atoms with van der Waals surface area (Å²) < 4.78 is 5.24. The number of rotatable bonds is 10. The minimum absolute atomic E-state index is 0.0355. The van der Waals surface area contributed by atoms with Gasteiger partial charge in [-0.2, -0.15) is 0 Å². The van der Waals surface area contributed by atoms with Crippen LogP contribution in [-0.2, 0) is 16.2 Å². The van der Waals surface area contributed by atoms with Gasteiger partial charge in [0.15, 0.2) is 0 Å². The molecule has 3 N–H and O–H groups in total. The molecule has 2 atom stereocenters. The summed E-state index contributed by atoms with van der Waals surface area (Å²) >= 11 is 0. The molecule has 1 aliphatic carbocycles. The van der Waals surface area contributed by atoms with Crippen LogP contribution in [0.15, 0.2) is 18.2 Å². The summed E-state index contributed by atoms with van der Waals surface area (Å²) in [5.41, 5.74) is 1.07. The monoisotopic (exact) mass is 404 g/mol. The second-order valence-corrected chi connectivity index (χ2v) is 7.90. The van der Waals surface area contributed by atoms with Crippen LogP contribution in [0.25, 0.3) is 0 Å². The van der Waals surface area contributed by atoms with E-state index in [0.29, 0.717) is 16.9 Å². The lowest BCUT2D eigenvalue weighted by Crippen LogP contribution is -2.46. The van der Waals surface area contributed by atoms with Gasteiger partial charge >= 0.3 is 0 Å². The van der Waals surface area contributed by atoms with Crippen molar-refractivity contribution in [3.63, 3.8) is 0 Å². The molecule has 2 rings (SSSR count). The van der Waals surface area contributed by atoms with E-state index in [9.17, 15) is 14.7 Å². The van der Waals surface area contributed by atoms with E-state index in [0.717, 1.165) is 44.9 Å². The van der Waals surface area contributed by atoms with Crippen molar-refractivity contribution in [3.8, 4) is 5.75 Å². The highest BCUT2D eigenvalue weighted by atomic mass is 16.5. The third-order valence-corrected chi connectivity index (χ3v) is 5.78. The molecule has 1 aromatic carbocycles. The van der Waals surface area contributed by atoms with Crippen LogP contribution in [0.5, 0.6) is 5.75 Å². The van der Waals surface area contributed by atoms with Crippen LogP contribution in [0.3, 0.4) is 0 Å². The Kier molecular flexibility index (Phi) is 9.45. The van der Waals surface area contributed by atoms with Crippen LogP contribution in [0.2, 0.25) is 0 Å². The first kappa shape index (κ1) is 23.2. The average Bonchev–Trinajstić information content (AvgIpc) is 2.74. The number of ether oxygens (including phenoxy) is 1. The Morgan fingerprint density at radius 3 is 2.48 bits per heavy atom. The normalized spacial score (nSPS) is 16.7. The smallest absolute Gasteiger partial charge is 0.237 e. The van der Waals surface area contributed by atoms with E-state index < -0.39 is 5.92 Å². The number of aliphatic hydroxyl groups excluding tert-OH is 1. The van der Waals surface area contributed by atoms with Gasteiger partial charge in [-0.15, -0.1) is 0 Å². The van der Waals surface area contributed by atoms with E-state index in [2.05, 4.69) is 17.6 Å². The van der Waals surface area contributed by atoms with E-state index in [-0.39, 0.29) is 30.5 Å². The van der Waals surface area contributed by atoms with Crippen molar-refractivity contribution in [1.29, 1.82) is 0 Å². The Morgan fingerprint density at radius 1 is 1.17 bits per heavy atom. The van der Waals surface area contributed by atoms with Crippen molar-refractivity contribution in [2.45, 2.75) is 89.8 Å². The predicted molar refractivity (Wildman–Crippen MR) is 114 cm³/mol. The number of methoxy groups -OCH3 is 1. The topological polar surface area (TPSA) is 87.7 Å². The Labute approximate surface area is 174 Å². The van der Waals surface area contributed by atoms with Gasteiger partial charge in [-0.05, 0) is 48.9 Å². The zero-order chi connectivity index (χ0) is 21.2. The standard InChI is InChI=1S/C23H36N2O4/c1-4-9-17(5-2)24-22(27)21(23(28)25-18-10-7-6-8-11-18)20-13-12-19(29-3)14-16(20)15-26/h12-14,17-18,21,26H,4-11,15H2,1-3H3,(H,24,27)(H,25,28). The molecule has 1 saturated carbocycles. The van der Waals surface area contributed by atoms with E-state index in [1.807, 2.05) is 6.92 Å². The van der Waals surface area contributed by atoms with Gasteiger partial charge in [-0.25, -0.2) is 0 Å². The maximum absolute atomic E-state index is 13.2. The number of hydrogen-bond donors (Lipinski definition) is 3. The van der Waals surface area contributed by atoms with Crippen molar-refractivity contribution >= 4 is 11.8 Å². The number of carbonyl (C=O) groups is 2. The Morgan fingerprint density at radius 2 is 1.90 bits per heavy atom. The summed E-state index contributed by atoms with van der Waals surface area (Å²) in [6.07, 6.45) is 7.93. The minimum atomic E-state index is -0.990. The third kappa shape index (κ3) is 6.46. The number of aliphatic hydroxyl groups is 1. The van der Waals surface area contributed by atoms with E-state index >= 15 is 0 Å². The van der Waals surface area contributed by atoms with Crippen LogP contribution >= 0.6 is 0 Å². The number of amides is 2. The van der Waals surface area contributed by atoms with Gasteiger partial charge in [-0.3, -0.25) is 9.59 Å². The van der Waals surface area contributed by atoms with E-state index in [1.165, 1.54) is 6.42 Å². The van der Waals surface area contributed by atoms with Crippen LogP contribution in [-0.4, -0.2) is 36.1 Å². The van der Waals surface area contributed by atoms with Gasteiger partial charge in [0.25, 0.3) is 0 Å². The van der Waals surface area contributed by atoms with Crippen LogP contribution < -0.4 is 15.4 Å². The fraction of sp³-hybridized carbons (Fsp3) is 0.652. The minimum Gasteiger partial charge on any atom is -0.497 e. The van der Waals surface area contributed by atoms with Crippen molar-refractivity contribution in [2.75, 3.05) is 7.11 Å². The Balaban J connectivity index is 2.31. The molecule has 0 radical (unpaired) electrons. The molecule has 162 valence electrons. The molecule has 1 fully saturated rings. The molecular formula is C23H36N2O4. The second kappa shape index (κ2) is 11.8. The van der Waals surface area contributed by atoms with E-state index in [1.54, 1.807) is 25.3 Å². The largest absolute Gasteiger partial charge is 0.497 e. The fourth-order valence-electron chi connectivity index (χ4n) is 4.07. The highest BCUT2D eigenvalue weighted by Crippen LogP contribution is 2.27. The van der Waals surface area contributed by atoms with Crippen LogP contribution in [0.4, 0.5) is 0 Å². The molecule has 6 heteroatoms. The van der Waals surface area contributed by atoms with Gasteiger partial charge in [0.05, 0.1) is 13.7 Å². The average molecular weight is 405 g/mol. The summed E-state index contributed by atoms with van der Waals surface area (Å²) in [5.74, 6) is -1.00. The molecule has 2 unspecified atom stereocenters. The third-order valence-electron chi connectivity index (χ3n) is 5.78. The van der Waals surface area contributed by atoms with Crippen molar-refractivity contribution < 1.29 is 19.4 Å². The van der Waals surface area contributed by atoms with Crippen LogP contribution in [0, 0.1) is 0 Å². The highest BCUT2D eigenvalue weighted by molar-refractivity contribution is 6.06. The van der Waals surface area contributed by atoms with Gasteiger partial charge in [0, 0.05) is 12.1 Å². The highest BCUT2D eigenvalue weighted by Gasteiger charge is 2.33. The summed E-state index contributed by atoms with van der Waals surface area (Å²) in [6.45, 7) is 3.85. The summed E-state index contributed by atoms with van der Waals surface area (Å²) in [6, 6.07) is 5.28. The van der Waals surface area contributed by atoms with Crippen molar-refractivity contribution in [1.82, 2.24) is 10.6 Å². The van der Waals surface area contributed by atoms with Gasteiger partial charge in [-0.1, -0.05) is 45.6 Å². The van der Waals surface area contributed by atoms with Gasteiger partial charge in [0.1, 0.15) is 11.7 Å². The maximum Gasteiger partial charge on any atom is 0.237 e. The maximum atomic E-state index is 13.2. The van der Waals surface area contributed by atoms with Crippen molar-refractivity contribution in [3.05, 3.63) is 29.3 Å². The Bertz CT molecular complexity index is 652. The molecule has 1 aromatic rings. The summed E-state index contributed by atoms with van der Waals surface area (Å²) in [4.78, 5) is 26.4. The lowest BCUT2D eigenvalue weighted by molar-refractivity contribution is -0.132.